The van der Waals surface area contributed by atoms with Crippen molar-refractivity contribution in [1.29, 1.82) is 0 Å². The number of likely N-dealkylation sites (N-methyl/N-ethyl adjacent to an activating group) is 1. The third-order valence-electron chi connectivity index (χ3n) is 3.58. The minimum atomic E-state index is 0.231. The lowest BCUT2D eigenvalue weighted by molar-refractivity contribution is 0.0931. The molecule has 0 aliphatic heterocycles. The van der Waals surface area contributed by atoms with Gasteiger partial charge in [0.1, 0.15) is 0 Å². The van der Waals surface area contributed by atoms with Gasteiger partial charge in [0.05, 0.1) is 6.54 Å². The maximum Gasteiger partial charge on any atom is 0.177 e. The highest BCUT2D eigenvalue weighted by atomic mass is 16.1. The summed E-state index contributed by atoms with van der Waals surface area (Å²) in [6.45, 7) is 9.67. The van der Waals surface area contributed by atoms with E-state index in [0.717, 1.165) is 37.2 Å². The molecule has 0 aromatic heterocycles. The average molecular weight is 276 g/mol. The van der Waals surface area contributed by atoms with E-state index in [1.807, 2.05) is 19.1 Å². The maximum absolute atomic E-state index is 12.4. The summed E-state index contributed by atoms with van der Waals surface area (Å²) in [5.74, 6) is 0.231. The Morgan fingerprint density at radius 3 is 2.40 bits per heavy atom. The average Bonchev–Trinajstić information content (AvgIpc) is 2.36. The van der Waals surface area contributed by atoms with E-state index in [0.29, 0.717) is 6.54 Å². The molecule has 0 aliphatic carbocycles. The number of rotatable bonds is 8. The summed E-state index contributed by atoms with van der Waals surface area (Å²) in [5, 5.41) is 0. The van der Waals surface area contributed by atoms with Crippen LogP contribution >= 0.6 is 0 Å². The summed E-state index contributed by atoms with van der Waals surface area (Å²) in [6, 6.07) is 6.05. The van der Waals surface area contributed by atoms with Gasteiger partial charge in [0.2, 0.25) is 0 Å². The Morgan fingerprint density at radius 2 is 1.85 bits per heavy atom. The number of nitrogens with zero attached hydrogens (tertiary/aromatic N) is 2. The Morgan fingerprint density at radius 1 is 1.15 bits per heavy atom. The molecular formula is C17H28N2O. The van der Waals surface area contributed by atoms with Gasteiger partial charge >= 0.3 is 0 Å². The Kier molecular flexibility index (Phi) is 6.89. The minimum absolute atomic E-state index is 0.231. The molecule has 0 saturated heterocycles. The molecule has 0 bridgehead atoms. The van der Waals surface area contributed by atoms with Gasteiger partial charge in [-0.05, 0) is 59.6 Å². The molecule has 3 nitrogen and oxygen atoms in total. The van der Waals surface area contributed by atoms with E-state index in [9.17, 15) is 4.79 Å². The van der Waals surface area contributed by atoms with Crippen molar-refractivity contribution in [2.75, 3.05) is 40.3 Å². The fourth-order valence-corrected chi connectivity index (χ4v) is 2.37. The lowest BCUT2D eigenvalue weighted by Crippen LogP contribution is -2.32. The van der Waals surface area contributed by atoms with Gasteiger partial charge in [0.25, 0.3) is 0 Å². The second-order valence-corrected chi connectivity index (χ2v) is 5.77. The van der Waals surface area contributed by atoms with Crippen LogP contribution < -0.4 is 0 Å². The molecule has 1 aromatic rings. The van der Waals surface area contributed by atoms with Gasteiger partial charge in [-0.3, -0.25) is 9.69 Å². The van der Waals surface area contributed by atoms with Crippen LogP contribution in [-0.4, -0.2) is 55.9 Å². The van der Waals surface area contributed by atoms with Crippen molar-refractivity contribution >= 4 is 5.78 Å². The number of aryl methyl sites for hydroxylation is 2. The van der Waals surface area contributed by atoms with Crippen molar-refractivity contribution in [3.05, 3.63) is 34.9 Å². The number of carbonyl (C=O) groups excluding carboxylic acids is 1. The summed E-state index contributed by atoms with van der Waals surface area (Å²) in [7, 11) is 4.16. The van der Waals surface area contributed by atoms with Crippen LogP contribution in [0.4, 0.5) is 0 Å². The van der Waals surface area contributed by atoms with Gasteiger partial charge < -0.3 is 4.90 Å². The minimum Gasteiger partial charge on any atom is -0.309 e. The third kappa shape index (κ3) is 5.43. The standard InChI is InChI=1S/C17H28N2O/c1-6-19(11-7-10-18(4)5)13-17(20)16-9-8-14(2)12-15(16)3/h8-9,12H,6-7,10-11,13H2,1-5H3. The van der Waals surface area contributed by atoms with Crippen molar-refractivity contribution in [3.8, 4) is 0 Å². The highest BCUT2D eigenvalue weighted by Gasteiger charge is 2.13. The van der Waals surface area contributed by atoms with Crippen LogP contribution in [0.15, 0.2) is 18.2 Å². The Labute approximate surface area is 123 Å². The van der Waals surface area contributed by atoms with Crippen LogP contribution in [0.1, 0.15) is 34.8 Å². The fraction of sp³-hybridized carbons (Fsp3) is 0.588. The quantitative estimate of drug-likeness (QED) is 0.682. The van der Waals surface area contributed by atoms with Gasteiger partial charge in [0.15, 0.2) is 5.78 Å². The van der Waals surface area contributed by atoms with Gasteiger partial charge in [-0.25, -0.2) is 0 Å². The van der Waals surface area contributed by atoms with Gasteiger partial charge in [0, 0.05) is 5.56 Å². The monoisotopic (exact) mass is 276 g/mol. The SMILES string of the molecule is CCN(CCCN(C)C)CC(=O)c1ccc(C)cc1C. The lowest BCUT2D eigenvalue weighted by atomic mass is 10.0. The van der Waals surface area contributed by atoms with E-state index in [4.69, 9.17) is 0 Å². The summed E-state index contributed by atoms with van der Waals surface area (Å²) in [4.78, 5) is 16.8. The lowest BCUT2D eigenvalue weighted by Gasteiger charge is -2.21. The molecule has 1 aromatic carbocycles. The predicted octanol–water partition coefficient (Wildman–Crippen LogP) is 2.76. The van der Waals surface area contributed by atoms with Crippen molar-refractivity contribution < 1.29 is 4.79 Å². The smallest absolute Gasteiger partial charge is 0.177 e. The molecule has 0 heterocycles. The number of Topliss-reactive ketones (excluding diaryl/α,β-unsaturated/α-hetero) is 1. The van der Waals surface area contributed by atoms with Gasteiger partial charge in [-0.1, -0.05) is 30.7 Å². The topological polar surface area (TPSA) is 23.6 Å². The molecular weight excluding hydrogens is 248 g/mol. The van der Waals surface area contributed by atoms with E-state index in [2.05, 4.69) is 43.8 Å². The zero-order valence-corrected chi connectivity index (χ0v) is 13.6. The first-order valence-electron chi connectivity index (χ1n) is 7.41. The molecule has 3 heteroatoms. The number of hydrogen-bond donors (Lipinski definition) is 0. The number of ketones is 1. The normalized spacial score (nSPS) is 11.3. The third-order valence-corrected chi connectivity index (χ3v) is 3.58. The Hall–Kier alpha value is -1.19. The molecule has 0 radical (unpaired) electrons. The van der Waals surface area contributed by atoms with Crippen LogP contribution in [0.5, 0.6) is 0 Å². The first-order valence-corrected chi connectivity index (χ1v) is 7.41. The molecule has 0 N–H and O–H groups in total. The predicted molar refractivity (Wildman–Crippen MR) is 85.5 cm³/mol. The zero-order chi connectivity index (χ0) is 15.1. The highest BCUT2D eigenvalue weighted by Crippen LogP contribution is 2.12. The molecule has 0 amide bonds. The molecule has 0 spiro atoms. The Balaban J connectivity index is 2.58. The molecule has 20 heavy (non-hydrogen) atoms. The van der Waals surface area contributed by atoms with Crippen molar-refractivity contribution in [2.24, 2.45) is 0 Å². The maximum atomic E-state index is 12.4. The second-order valence-electron chi connectivity index (χ2n) is 5.77. The molecule has 1 rings (SSSR count). The first-order chi connectivity index (χ1) is 9.43. The fourth-order valence-electron chi connectivity index (χ4n) is 2.37. The molecule has 0 saturated carbocycles. The van der Waals surface area contributed by atoms with Crippen LogP contribution in [0.3, 0.4) is 0 Å². The molecule has 0 atom stereocenters. The zero-order valence-electron chi connectivity index (χ0n) is 13.6. The molecule has 0 fully saturated rings. The van der Waals surface area contributed by atoms with Crippen molar-refractivity contribution in [3.63, 3.8) is 0 Å². The van der Waals surface area contributed by atoms with E-state index in [1.54, 1.807) is 0 Å². The number of carbonyl (C=O) groups is 1. The highest BCUT2D eigenvalue weighted by molar-refractivity contribution is 5.98. The summed E-state index contributed by atoms with van der Waals surface area (Å²) in [6.07, 6.45) is 1.10. The van der Waals surface area contributed by atoms with Crippen LogP contribution in [0, 0.1) is 13.8 Å². The molecule has 112 valence electrons. The van der Waals surface area contributed by atoms with Crippen molar-refractivity contribution in [1.82, 2.24) is 9.80 Å². The molecule has 0 unspecified atom stereocenters. The number of benzene rings is 1. The Bertz CT molecular complexity index is 441. The summed E-state index contributed by atoms with van der Waals surface area (Å²) < 4.78 is 0. The van der Waals surface area contributed by atoms with Crippen LogP contribution in [0.2, 0.25) is 0 Å². The van der Waals surface area contributed by atoms with E-state index < -0.39 is 0 Å². The van der Waals surface area contributed by atoms with E-state index >= 15 is 0 Å². The van der Waals surface area contributed by atoms with Gasteiger partial charge in [-0.15, -0.1) is 0 Å². The van der Waals surface area contributed by atoms with E-state index in [-0.39, 0.29) is 5.78 Å². The number of hydrogen-bond acceptors (Lipinski definition) is 3. The summed E-state index contributed by atoms with van der Waals surface area (Å²) in [5.41, 5.74) is 3.15. The van der Waals surface area contributed by atoms with Crippen LogP contribution in [-0.2, 0) is 0 Å². The summed E-state index contributed by atoms with van der Waals surface area (Å²) >= 11 is 0. The van der Waals surface area contributed by atoms with Gasteiger partial charge in [-0.2, -0.15) is 0 Å². The van der Waals surface area contributed by atoms with Crippen molar-refractivity contribution in [2.45, 2.75) is 27.2 Å². The van der Waals surface area contributed by atoms with E-state index in [1.165, 1.54) is 5.56 Å². The van der Waals surface area contributed by atoms with Crippen LogP contribution in [0.25, 0.3) is 0 Å². The second kappa shape index (κ2) is 8.18. The molecule has 0 aliphatic rings. The largest absolute Gasteiger partial charge is 0.309 e. The first kappa shape index (κ1) is 16.9.